The summed E-state index contributed by atoms with van der Waals surface area (Å²) in [5.41, 5.74) is 1.01. The fourth-order valence-corrected chi connectivity index (χ4v) is 1.44. The van der Waals surface area contributed by atoms with E-state index >= 15 is 0 Å². The Balaban J connectivity index is 0. The number of rotatable bonds is 2. The number of hydrogen-bond acceptors (Lipinski definition) is 3. The van der Waals surface area contributed by atoms with Gasteiger partial charge in [-0.3, -0.25) is 0 Å². The van der Waals surface area contributed by atoms with Crippen LogP contribution >= 0.6 is 0 Å². The van der Waals surface area contributed by atoms with E-state index in [1.807, 2.05) is 25.1 Å². The number of ether oxygens (including phenoxy) is 1. The summed E-state index contributed by atoms with van der Waals surface area (Å²) < 4.78 is 4.79. The molecular formula is C17H26O3. The van der Waals surface area contributed by atoms with Crippen molar-refractivity contribution in [2.45, 2.75) is 28.2 Å². The molecule has 2 aromatic rings. The third kappa shape index (κ3) is 6.14. The van der Waals surface area contributed by atoms with Crippen molar-refractivity contribution in [2.24, 2.45) is 0 Å². The van der Waals surface area contributed by atoms with Gasteiger partial charge in [0.25, 0.3) is 0 Å². The van der Waals surface area contributed by atoms with Gasteiger partial charge in [-0.05, 0) is 30.2 Å². The smallest absolute Gasteiger partial charge is 0.160 e. The first kappa shape index (κ1) is 20.2. The van der Waals surface area contributed by atoms with Gasteiger partial charge in [0, 0.05) is 0 Å². The maximum absolute atomic E-state index is 9.11. The number of para-hydroxylation sites is 3. The highest BCUT2D eigenvalue weighted by Gasteiger charge is 1.94. The lowest BCUT2D eigenvalue weighted by atomic mass is 10.1. The summed E-state index contributed by atoms with van der Waals surface area (Å²) in [6.07, 6.45) is 0.896. The molecule has 3 nitrogen and oxygen atoms in total. The first-order valence-electron chi connectivity index (χ1n) is 5.77. The molecule has 0 saturated heterocycles. The molecule has 0 aliphatic carbocycles. The topological polar surface area (TPSA) is 49.7 Å². The van der Waals surface area contributed by atoms with E-state index < -0.39 is 0 Å². The van der Waals surface area contributed by atoms with Crippen LogP contribution in [0.3, 0.4) is 0 Å². The normalized spacial score (nSPS) is 8.30. The molecular weight excluding hydrogens is 252 g/mol. The van der Waals surface area contributed by atoms with E-state index in [2.05, 4.69) is 0 Å². The van der Waals surface area contributed by atoms with Crippen LogP contribution < -0.4 is 4.74 Å². The van der Waals surface area contributed by atoms with Gasteiger partial charge in [0.1, 0.15) is 5.75 Å². The van der Waals surface area contributed by atoms with Gasteiger partial charge < -0.3 is 14.9 Å². The number of aryl methyl sites for hydroxylation is 1. The molecule has 20 heavy (non-hydrogen) atoms. The number of phenols is 2. The Morgan fingerprint density at radius 2 is 1.35 bits per heavy atom. The lowest BCUT2D eigenvalue weighted by Gasteiger charge is -1.99. The first-order valence-corrected chi connectivity index (χ1v) is 5.77. The number of hydrogen-bond donors (Lipinski definition) is 2. The monoisotopic (exact) mass is 278 g/mol. The molecule has 3 heteroatoms. The van der Waals surface area contributed by atoms with Gasteiger partial charge in [-0.1, -0.05) is 52.1 Å². The Morgan fingerprint density at radius 1 is 0.850 bits per heavy atom. The largest absolute Gasteiger partial charge is 0.508 e. The van der Waals surface area contributed by atoms with Crippen molar-refractivity contribution < 1.29 is 14.9 Å². The maximum atomic E-state index is 9.11. The van der Waals surface area contributed by atoms with Crippen LogP contribution in [0.15, 0.2) is 48.5 Å². The molecule has 0 fully saturated rings. The number of phenolic OH excluding ortho intramolecular Hbond substituents is 2. The quantitative estimate of drug-likeness (QED) is 0.842. The van der Waals surface area contributed by atoms with Gasteiger partial charge in [0.05, 0.1) is 7.11 Å². The van der Waals surface area contributed by atoms with Crippen LogP contribution in [0.2, 0.25) is 0 Å². The van der Waals surface area contributed by atoms with Crippen molar-refractivity contribution in [3.63, 3.8) is 0 Å². The van der Waals surface area contributed by atoms with E-state index in [1.165, 1.54) is 7.11 Å². The number of benzene rings is 2. The van der Waals surface area contributed by atoms with Crippen molar-refractivity contribution >= 4 is 0 Å². The van der Waals surface area contributed by atoms with Crippen LogP contribution in [0.5, 0.6) is 17.2 Å². The highest BCUT2D eigenvalue weighted by atomic mass is 16.5. The predicted octanol–water partition coefficient (Wildman–Crippen LogP) is 4.63. The molecule has 0 atom stereocenters. The summed E-state index contributed by atoms with van der Waals surface area (Å²) in [4.78, 5) is 0. The fraction of sp³-hybridized carbons (Fsp3) is 0.294. The van der Waals surface area contributed by atoms with Crippen LogP contribution in [0.1, 0.15) is 27.3 Å². The number of methoxy groups -OCH3 is 1. The van der Waals surface area contributed by atoms with Crippen LogP contribution in [0, 0.1) is 0 Å². The van der Waals surface area contributed by atoms with E-state index in [4.69, 9.17) is 14.9 Å². The fourth-order valence-electron chi connectivity index (χ4n) is 1.44. The minimum Gasteiger partial charge on any atom is -0.508 e. The third-order valence-corrected chi connectivity index (χ3v) is 2.46. The highest BCUT2D eigenvalue weighted by Crippen LogP contribution is 2.23. The average molecular weight is 278 g/mol. The SMILES string of the molecule is C.C.CCc1ccccc1O.COc1ccccc1O. The number of aromatic hydroxyl groups is 2. The summed E-state index contributed by atoms with van der Waals surface area (Å²) in [5.74, 6) is 1.09. The molecule has 0 amide bonds. The molecule has 0 aliphatic heterocycles. The molecule has 0 heterocycles. The van der Waals surface area contributed by atoms with Crippen molar-refractivity contribution in [1.82, 2.24) is 0 Å². The zero-order chi connectivity index (χ0) is 13.4. The minimum absolute atomic E-state index is 0. The lowest BCUT2D eigenvalue weighted by Crippen LogP contribution is -1.80. The van der Waals surface area contributed by atoms with Crippen LogP contribution in [0.25, 0.3) is 0 Å². The summed E-state index contributed by atoms with van der Waals surface area (Å²) in [5, 5.41) is 18.1. The average Bonchev–Trinajstić information content (AvgIpc) is 2.41. The first-order chi connectivity index (χ1) is 8.69. The van der Waals surface area contributed by atoms with Crippen molar-refractivity contribution in [3.05, 3.63) is 54.1 Å². The molecule has 0 saturated carbocycles. The zero-order valence-corrected chi connectivity index (χ0v) is 10.6. The Kier molecular flexibility index (Phi) is 10.8. The lowest BCUT2D eigenvalue weighted by molar-refractivity contribution is 0.373. The molecule has 0 radical (unpaired) electrons. The Labute approximate surface area is 122 Å². The van der Waals surface area contributed by atoms with Gasteiger partial charge in [0.2, 0.25) is 0 Å². The molecule has 0 aromatic heterocycles. The second-order valence-electron chi connectivity index (χ2n) is 3.65. The molecule has 0 aliphatic rings. The predicted molar refractivity (Wildman–Crippen MR) is 85.6 cm³/mol. The second-order valence-corrected chi connectivity index (χ2v) is 3.65. The van der Waals surface area contributed by atoms with E-state index in [-0.39, 0.29) is 20.6 Å². The molecule has 0 unspecified atom stereocenters. The zero-order valence-electron chi connectivity index (χ0n) is 10.6. The Hall–Kier alpha value is -2.16. The summed E-state index contributed by atoms with van der Waals surface area (Å²) >= 11 is 0. The Bertz CT molecular complexity index is 436. The summed E-state index contributed by atoms with van der Waals surface area (Å²) in [6, 6.07) is 14.2. The van der Waals surface area contributed by atoms with Crippen LogP contribution in [-0.4, -0.2) is 17.3 Å². The van der Waals surface area contributed by atoms with E-state index in [0.717, 1.165) is 12.0 Å². The maximum Gasteiger partial charge on any atom is 0.160 e. The molecule has 2 aromatic carbocycles. The van der Waals surface area contributed by atoms with Crippen LogP contribution in [-0.2, 0) is 6.42 Å². The highest BCUT2D eigenvalue weighted by molar-refractivity contribution is 5.37. The van der Waals surface area contributed by atoms with Gasteiger partial charge in [0.15, 0.2) is 11.5 Å². The Morgan fingerprint density at radius 3 is 1.70 bits per heavy atom. The van der Waals surface area contributed by atoms with E-state index in [1.54, 1.807) is 30.3 Å². The molecule has 2 rings (SSSR count). The summed E-state index contributed by atoms with van der Waals surface area (Å²) in [7, 11) is 1.52. The van der Waals surface area contributed by atoms with Crippen molar-refractivity contribution in [2.75, 3.05) is 7.11 Å². The van der Waals surface area contributed by atoms with Gasteiger partial charge in [-0.2, -0.15) is 0 Å². The van der Waals surface area contributed by atoms with Gasteiger partial charge in [-0.15, -0.1) is 0 Å². The van der Waals surface area contributed by atoms with Crippen molar-refractivity contribution in [1.29, 1.82) is 0 Å². The standard InChI is InChI=1S/C8H10O.C7H8O2.2CH4/c1-2-7-5-3-4-6-8(7)9;1-9-7-5-3-2-4-6(7)8;;/h3-6,9H,2H2,1H3;2-5,8H,1H3;2*1H4. The third-order valence-electron chi connectivity index (χ3n) is 2.46. The van der Waals surface area contributed by atoms with E-state index in [9.17, 15) is 0 Å². The van der Waals surface area contributed by atoms with Gasteiger partial charge in [-0.25, -0.2) is 0 Å². The minimum atomic E-state index is 0. The second kappa shape index (κ2) is 10.7. The van der Waals surface area contributed by atoms with Gasteiger partial charge >= 0.3 is 0 Å². The molecule has 112 valence electrons. The summed E-state index contributed by atoms with van der Waals surface area (Å²) in [6.45, 7) is 2.02. The molecule has 0 spiro atoms. The van der Waals surface area contributed by atoms with Crippen LogP contribution in [0.4, 0.5) is 0 Å². The van der Waals surface area contributed by atoms with Crippen molar-refractivity contribution in [3.8, 4) is 17.2 Å². The van der Waals surface area contributed by atoms with E-state index in [0.29, 0.717) is 11.5 Å². The molecule has 2 N–H and O–H groups in total. The molecule has 0 bridgehead atoms.